The zero-order chi connectivity index (χ0) is 17.1. The molecule has 2 heterocycles. The molecule has 1 saturated heterocycles. The van der Waals surface area contributed by atoms with Crippen LogP contribution in [0.15, 0.2) is 30.6 Å². The second-order valence-corrected chi connectivity index (χ2v) is 6.85. The van der Waals surface area contributed by atoms with Crippen LogP contribution in [0.5, 0.6) is 0 Å². The Bertz CT molecular complexity index is 753. The maximum atomic E-state index is 12.4. The fourth-order valence-corrected chi connectivity index (χ4v) is 3.11. The molecule has 1 N–H and O–H groups in total. The van der Waals surface area contributed by atoms with E-state index in [9.17, 15) is 4.79 Å². The van der Waals surface area contributed by atoms with Gasteiger partial charge in [0, 0.05) is 24.8 Å². The maximum absolute atomic E-state index is 12.4. The van der Waals surface area contributed by atoms with Gasteiger partial charge in [0.2, 0.25) is 0 Å². The van der Waals surface area contributed by atoms with E-state index in [-0.39, 0.29) is 5.91 Å². The topological polar surface area (TPSA) is 58.1 Å². The van der Waals surface area contributed by atoms with Gasteiger partial charge in [-0.2, -0.15) is 0 Å². The summed E-state index contributed by atoms with van der Waals surface area (Å²) in [6, 6.07) is 6.67. The summed E-state index contributed by atoms with van der Waals surface area (Å²) in [4.78, 5) is 23.0. The molecule has 0 spiro atoms. The van der Waals surface area contributed by atoms with Gasteiger partial charge in [0.1, 0.15) is 17.8 Å². The van der Waals surface area contributed by atoms with Crippen molar-refractivity contribution in [2.24, 2.45) is 5.92 Å². The third-order valence-corrected chi connectivity index (χ3v) is 4.78. The van der Waals surface area contributed by atoms with Crippen molar-refractivity contribution in [2.75, 3.05) is 23.3 Å². The maximum Gasteiger partial charge on any atom is 0.274 e. The average molecular weight is 365 g/mol. The SMILES string of the molecule is CC1CCCN(c2cc(C(=O)Nc3ccc(Cl)c(Cl)c3)ncn2)C1. The van der Waals surface area contributed by atoms with Crippen LogP contribution in [0.3, 0.4) is 0 Å². The van der Waals surface area contributed by atoms with E-state index >= 15 is 0 Å². The summed E-state index contributed by atoms with van der Waals surface area (Å²) in [7, 11) is 0. The number of carbonyl (C=O) groups excluding carboxylic acids is 1. The van der Waals surface area contributed by atoms with Gasteiger partial charge in [-0.3, -0.25) is 4.79 Å². The van der Waals surface area contributed by atoms with E-state index < -0.39 is 0 Å². The molecule has 2 aromatic rings. The van der Waals surface area contributed by atoms with Crippen molar-refractivity contribution < 1.29 is 4.79 Å². The number of anilines is 2. The lowest BCUT2D eigenvalue weighted by Gasteiger charge is -2.31. The van der Waals surface area contributed by atoms with E-state index in [1.165, 1.54) is 12.7 Å². The molecule has 0 aliphatic carbocycles. The second-order valence-electron chi connectivity index (χ2n) is 6.04. The van der Waals surface area contributed by atoms with E-state index in [4.69, 9.17) is 23.2 Å². The van der Waals surface area contributed by atoms with E-state index in [0.29, 0.717) is 27.3 Å². The molecule has 1 aliphatic rings. The van der Waals surface area contributed by atoms with Crippen molar-refractivity contribution in [1.29, 1.82) is 0 Å². The number of amides is 1. The van der Waals surface area contributed by atoms with Crippen LogP contribution >= 0.6 is 23.2 Å². The molecule has 24 heavy (non-hydrogen) atoms. The first-order chi connectivity index (χ1) is 11.5. The summed E-state index contributed by atoms with van der Waals surface area (Å²) in [5.74, 6) is 1.11. The molecule has 7 heteroatoms. The second kappa shape index (κ2) is 7.36. The highest BCUT2D eigenvalue weighted by molar-refractivity contribution is 6.42. The molecule has 1 atom stereocenters. The van der Waals surface area contributed by atoms with Gasteiger partial charge in [-0.1, -0.05) is 30.1 Å². The van der Waals surface area contributed by atoms with E-state index in [1.807, 2.05) is 0 Å². The number of carbonyl (C=O) groups is 1. The molecule has 1 aromatic carbocycles. The predicted octanol–water partition coefficient (Wildman–Crippen LogP) is 4.27. The largest absolute Gasteiger partial charge is 0.356 e. The normalized spacial score (nSPS) is 17.6. The molecule has 1 aliphatic heterocycles. The van der Waals surface area contributed by atoms with Crippen molar-refractivity contribution >= 4 is 40.6 Å². The van der Waals surface area contributed by atoms with Crippen molar-refractivity contribution in [2.45, 2.75) is 19.8 Å². The lowest BCUT2D eigenvalue weighted by atomic mass is 10.0. The fourth-order valence-electron chi connectivity index (χ4n) is 2.81. The molecular formula is C17H18Cl2N4O. The third-order valence-electron chi connectivity index (χ3n) is 4.04. The number of benzene rings is 1. The molecule has 1 unspecified atom stereocenters. The van der Waals surface area contributed by atoms with Crippen LogP contribution in [0.4, 0.5) is 11.5 Å². The number of hydrogen-bond donors (Lipinski definition) is 1. The molecule has 0 radical (unpaired) electrons. The molecule has 3 rings (SSSR count). The Labute approximate surface area is 151 Å². The van der Waals surface area contributed by atoms with E-state index in [1.54, 1.807) is 24.3 Å². The minimum Gasteiger partial charge on any atom is -0.356 e. The summed E-state index contributed by atoms with van der Waals surface area (Å²) < 4.78 is 0. The summed E-state index contributed by atoms with van der Waals surface area (Å²) in [5, 5.41) is 3.61. The Morgan fingerprint density at radius 3 is 2.83 bits per heavy atom. The number of nitrogens with zero attached hydrogens (tertiary/aromatic N) is 3. The van der Waals surface area contributed by atoms with Crippen LogP contribution in [0.1, 0.15) is 30.3 Å². The number of aromatic nitrogens is 2. The first kappa shape index (κ1) is 17.0. The van der Waals surface area contributed by atoms with Gasteiger partial charge in [0.25, 0.3) is 5.91 Å². The number of halogens is 2. The molecule has 0 saturated carbocycles. The first-order valence-corrected chi connectivity index (χ1v) is 8.62. The van der Waals surface area contributed by atoms with E-state index in [0.717, 1.165) is 25.3 Å². The highest BCUT2D eigenvalue weighted by Crippen LogP contribution is 2.25. The number of hydrogen-bond acceptors (Lipinski definition) is 4. The highest BCUT2D eigenvalue weighted by Gasteiger charge is 2.19. The van der Waals surface area contributed by atoms with Crippen LogP contribution in [0.25, 0.3) is 0 Å². The summed E-state index contributed by atoms with van der Waals surface area (Å²) in [5.41, 5.74) is 0.894. The smallest absolute Gasteiger partial charge is 0.274 e. The van der Waals surface area contributed by atoms with Gasteiger partial charge in [0.05, 0.1) is 10.0 Å². The standard InChI is InChI=1S/C17H18Cl2N4O/c1-11-3-2-6-23(9-11)16-8-15(20-10-21-16)17(24)22-12-4-5-13(18)14(19)7-12/h4-5,7-8,10-11H,2-3,6,9H2,1H3,(H,22,24). The fraction of sp³-hybridized carbons (Fsp3) is 0.353. The average Bonchev–Trinajstić information content (AvgIpc) is 2.58. The minimum atomic E-state index is -0.304. The lowest BCUT2D eigenvalue weighted by molar-refractivity contribution is 0.102. The van der Waals surface area contributed by atoms with Crippen molar-refractivity contribution in [1.82, 2.24) is 9.97 Å². The minimum absolute atomic E-state index is 0.304. The van der Waals surface area contributed by atoms with Gasteiger partial charge < -0.3 is 10.2 Å². The van der Waals surface area contributed by atoms with Gasteiger partial charge in [-0.15, -0.1) is 0 Å². The third kappa shape index (κ3) is 3.97. The summed E-state index contributed by atoms with van der Waals surface area (Å²) in [6.45, 7) is 4.13. The molecule has 1 aromatic heterocycles. The Balaban J connectivity index is 1.75. The van der Waals surface area contributed by atoms with E-state index in [2.05, 4.69) is 27.1 Å². The first-order valence-electron chi connectivity index (χ1n) is 7.86. The van der Waals surface area contributed by atoms with Gasteiger partial charge in [-0.25, -0.2) is 9.97 Å². The Hall–Kier alpha value is -1.85. The highest BCUT2D eigenvalue weighted by atomic mass is 35.5. The Kier molecular flexibility index (Phi) is 5.21. The molecule has 126 valence electrons. The molecule has 0 bridgehead atoms. The number of rotatable bonds is 3. The predicted molar refractivity (Wildman–Crippen MR) is 97.1 cm³/mol. The van der Waals surface area contributed by atoms with Crippen LogP contribution in [0.2, 0.25) is 10.0 Å². The number of nitrogens with one attached hydrogen (secondary N) is 1. The Morgan fingerprint density at radius 2 is 2.08 bits per heavy atom. The van der Waals surface area contributed by atoms with Crippen LogP contribution in [0, 0.1) is 5.92 Å². The quantitative estimate of drug-likeness (QED) is 0.883. The van der Waals surface area contributed by atoms with Gasteiger partial charge >= 0.3 is 0 Å². The zero-order valence-electron chi connectivity index (χ0n) is 13.3. The monoisotopic (exact) mass is 364 g/mol. The van der Waals surface area contributed by atoms with Crippen molar-refractivity contribution in [3.63, 3.8) is 0 Å². The number of piperidine rings is 1. The lowest BCUT2D eigenvalue weighted by Crippen LogP contribution is -2.35. The van der Waals surface area contributed by atoms with Crippen molar-refractivity contribution in [3.05, 3.63) is 46.3 Å². The zero-order valence-corrected chi connectivity index (χ0v) is 14.8. The summed E-state index contributed by atoms with van der Waals surface area (Å²) in [6.07, 6.45) is 3.79. The van der Waals surface area contributed by atoms with Crippen molar-refractivity contribution in [3.8, 4) is 0 Å². The molecule has 1 fully saturated rings. The molecular weight excluding hydrogens is 347 g/mol. The molecule has 5 nitrogen and oxygen atoms in total. The van der Waals surface area contributed by atoms with Crippen LogP contribution < -0.4 is 10.2 Å². The molecule has 1 amide bonds. The van der Waals surface area contributed by atoms with Gasteiger partial charge in [-0.05, 0) is 37.0 Å². The van der Waals surface area contributed by atoms with Gasteiger partial charge in [0.15, 0.2) is 0 Å². The van der Waals surface area contributed by atoms with Crippen LogP contribution in [-0.2, 0) is 0 Å². The Morgan fingerprint density at radius 1 is 1.25 bits per heavy atom. The van der Waals surface area contributed by atoms with Crippen LogP contribution in [-0.4, -0.2) is 29.0 Å². The summed E-state index contributed by atoms with van der Waals surface area (Å²) >= 11 is 11.9.